The standard InChI is InChI=1S/3C19H22N4O2/c3*1-14-6-5-9-22(12-14)17-10-18(24)21(2)19(25)23(17)13-16-8-4-3-7-15(16)11-20/h3*3-4,7-8,10,14H,5-6,9,12-13H2,1-2H3/t3*14-/m111/s1/i2D3,3D,4D,7D,8D,13D2,14D;5D2,6D2,9D2,12D2,14D;2D3,13D2. The Hall–Kier alpha value is -8.43. The molecule has 0 bridgehead atoms. The van der Waals surface area contributed by atoms with E-state index in [-0.39, 0.29) is 66.9 Å². The number of benzene rings is 3. The van der Waals surface area contributed by atoms with Gasteiger partial charge in [-0.3, -0.25) is 41.8 Å². The molecule has 6 aromatic rings. The van der Waals surface area contributed by atoms with Gasteiger partial charge in [-0.25, -0.2) is 14.4 Å². The lowest BCUT2D eigenvalue weighted by molar-refractivity contribution is 0.437. The molecular weight excluding hydrogens is 949 g/mol. The third kappa shape index (κ3) is 12.7. The van der Waals surface area contributed by atoms with Crippen LogP contribution in [0.25, 0.3) is 0 Å². The van der Waals surface area contributed by atoms with Crippen LogP contribution >= 0.6 is 0 Å². The Labute approximate surface area is 469 Å². The first-order chi connectivity index (χ1) is 45.3. The van der Waals surface area contributed by atoms with Crippen LogP contribution in [-0.4, -0.2) is 66.6 Å². The summed E-state index contributed by atoms with van der Waals surface area (Å²) in [6.07, 6.45) is -4.09. The van der Waals surface area contributed by atoms with E-state index in [1.54, 1.807) is 36.1 Å². The van der Waals surface area contributed by atoms with Gasteiger partial charge in [0.25, 0.3) is 16.7 Å². The van der Waals surface area contributed by atoms with Crippen LogP contribution in [0.15, 0.2) is 120 Å². The smallest absolute Gasteiger partial charge is 0.332 e. The molecule has 0 N–H and O–H groups in total. The predicted octanol–water partition coefficient (Wildman–Crippen LogP) is 5.11. The summed E-state index contributed by atoms with van der Waals surface area (Å²) in [5.41, 5.74) is -8.34. The highest BCUT2D eigenvalue weighted by molar-refractivity contribution is 5.45. The second-order valence-electron chi connectivity index (χ2n) is 17.5. The van der Waals surface area contributed by atoms with E-state index < -0.39 is 146 Å². The van der Waals surface area contributed by atoms with Crippen molar-refractivity contribution in [1.29, 1.82) is 15.8 Å². The lowest BCUT2D eigenvalue weighted by atomic mass is 10.0. The summed E-state index contributed by atoms with van der Waals surface area (Å²) < 4.78 is 198. The van der Waals surface area contributed by atoms with E-state index >= 15 is 0 Å². The highest BCUT2D eigenvalue weighted by Crippen LogP contribution is 2.25. The monoisotopic (exact) mass is 1040 g/mol. The Morgan fingerprint density at radius 1 is 0.627 bits per heavy atom. The van der Waals surface area contributed by atoms with E-state index in [9.17, 15) is 44.6 Å². The van der Waals surface area contributed by atoms with Gasteiger partial charge in [0.2, 0.25) is 0 Å². The molecule has 0 radical (unpaired) electrons. The zero-order chi connectivity index (χ0) is 75.0. The SMILES string of the molecule is [2H]C([2H])([2H])n1c(=O)cc(N2CCC[C@@H](C)C2)n(C([2H])([2H])c2ccccc2C#N)c1=O.[2H]C1([2H])N(c2cc(=O)n(C)c(=O)n2Cc2ccccc2C#N)C([2H])([2H])[C@]([2H])(C)C([2H])([2H])C1([2H])[2H].[2H]c1c([2H])c([2H])c(C([2H])([2H])n2c(N3CCC[C@@]([2H])(C)C3)cc(=O)n(C([2H])([2H])[2H])c2=O)c(C#N)c1[2H]. The van der Waals surface area contributed by atoms with Gasteiger partial charge >= 0.3 is 17.1 Å². The van der Waals surface area contributed by atoms with E-state index in [0.29, 0.717) is 39.6 Å². The number of aromatic nitrogens is 6. The third-order valence-corrected chi connectivity index (χ3v) is 12.0. The maximum Gasteiger partial charge on any atom is 0.332 e. The molecule has 18 nitrogen and oxygen atoms in total. The van der Waals surface area contributed by atoms with Gasteiger partial charge in [0.1, 0.15) is 17.5 Å². The predicted molar refractivity (Wildman–Crippen MR) is 290 cm³/mol. The highest BCUT2D eigenvalue weighted by Gasteiger charge is 2.25. The average molecular weight is 1040 g/mol. The van der Waals surface area contributed by atoms with Crippen molar-refractivity contribution < 1.29 is 32.9 Å². The molecule has 3 fully saturated rings. The van der Waals surface area contributed by atoms with Crippen molar-refractivity contribution in [1.82, 2.24) is 27.4 Å². The first-order valence-electron chi connectivity index (χ1n) is 35.2. The molecule has 9 rings (SSSR count). The van der Waals surface area contributed by atoms with E-state index in [4.69, 9.17) is 32.9 Å². The zero-order valence-electron chi connectivity index (χ0n) is 65.1. The number of anilines is 3. The van der Waals surface area contributed by atoms with E-state index in [2.05, 4.69) is 0 Å². The summed E-state index contributed by atoms with van der Waals surface area (Å²) in [5.74, 6) is -4.70. The Bertz CT molecular complexity index is 4670. The van der Waals surface area contributed by atoms with Crippen molar-refractivity contribution in [3.63, 3.8) is 0 Å². The summed E-state index contributed by atoms with van der Waals surface area (Å²) in [6, 6.07) is 16.5. The maximum absolute atomic E-state index is 13.4. The van der Waals surface area contributed by atoms with Crippen molar-refractivity contribution in [3.8, 4) is 18.2 Å². The van der Waals surface area contributed by atoms with E-state index in [0.717, 1.165) is 49.6 Å². The molecule has 6 heterocycles. The number of nitriles is 3. The number of piperidine rings is 3. The van der Waals surface area contributed by atoms with Gasteiger partial charge in [0, 0.05) is 100 Å². The van der Waals surface area contributed by atoms with E-state index in [1.165, 1.54) is 35.2 Å². The Balaban J connectivity index is 0.000000209. The van der Waals surface area contributed by atoms with Gasteiger partial charge in [0.15, 0.2) is 0 Å². The molecule has 3 aliphatic heterocycles. The second kappa shape index (κ2) is 24.5. The van der Waals surface area contributed by atoms with Gasteiger partial charge in [-0.15, -0.1) is 0 Å². The molecule has 3 saturated heterocycles. The van der Waals surface area contributed by atoms with Crippen LogP contribution in [0.4, 0.5) is 17.5 Å². The molecule has 390 valence electrons. The molecule has 0 aliphatic carbocycles. The van der Waals surface area contributed by atoms with Crippen LogP contribution in [0, 0.1) is 51.7 Å². The first-order valence-corrected chi connectivity index (χ1v) is 23.2. The minimum absolute atomic E-state index is 0.00907. The average Bonchev–Trinajstić information content (AvgIpc) is 0.674. The quantitative estimate of drug-likeness (QED) is 0.185. The highest BCUT2D eigenvalue weighted by atomic mass is 16.2. The van der Waals surface area contributed by atoms with Crippen LogP contribution in [0.1, 0.15) is 125 Å². The van der Waals surface area contributed by atoms with Crippen molar-refractivity contribution in [2.24, 2.45) is 38.7 Å². The maximum atomic E-state index is 13.4. The molecule has 0 saturated carbocycles. The van der Waals surface area contributed by atoms with E-state index in [1.807, 2.05) is 19.1 Å². The number of rotatable bonds is 9. The fourth-order valence-corrected chi connectivity index (χ4v) is 8.22. The Morgan fingerprint density at radius 3 is 1.72 bits per heavy atom. The van der Waals surface area contributed by atoms with Crippen molar-refractivity contribution in [2.75, 3.05) is 53.9 Å². The summed E-state index contributed by atoms with van der Waals surface area (Å²) in [4.78, 5) is 80.7. The molecule has 0 spiro atoms. The third-order valence-electron chi connectivity index (χ3n) is 12.0. The molecule has 3 aromatic carbocycles. The fourth-order valence-electron chi connectivity index (χ4n) is 8.22. The lowest BCUT2D eigenvalue weighted by Crippen LogP contribution is -2.44. The molecule has 18 heteroatoms. The molecule has 0 amide bonds. The Kier molecular flexibility index (Phi) is 10.0. The van der Waals surface area contributed by atoms with Crippen molar-refractivity contribution >= 4 is 17.5 Å². The van der Waals surface area contributed by atoms with Gasteiger partial charge in [-0.05, 0) is 91.0 Å². The molecule has 3 atom stereocenters. The molecule has 0 unspecified atom stereocenters. The van der Waals surface area contributed by atoms with Crippen LogP contribution in [0.2, 0.25) is 0 Å². The molecule has 3 aliphatic rings. The van der Waals surface area contributed by atoms with Gasteiger partial charge < -0.3 is 14.7 Å². The minimum atomic E-state index is -3.45. The summed E-state index contributed by atoms with van der Waals surface area (Å²) >= 11 is 0. The van der Waals surface area contributed by atoms with Gasteiger partial charge in [-0.1, -0.05) is 75.3 Å². The minimum Gasteiger partial charge on any atom is -0.357 e. The summed E-state index contributed by atoms with van der Waals surface area (Å²) in [6.45, 7) is -13.6. The first kappa shape index (κ1) is 30.7. The van der Waals surface area contributed by atoms with Gasteiger partial charge in [-0.2, -0.15) is 15.8 Å². The molecular formula is C57H66N12O6. The largest absolute Gasteiger partial charge is 0.357 e. The lowest BCUT2D eigenvalue weighted by Gasteiger charge is -2.34. The fraction of sp³-hybridized carbons (Fsp3) is 0.421. The van der Waals surface area contributed by atoms with Crippen LogP contribution in [0.5, 0.6) is 0 Å². The van der Waals surface area contributed by atoms with Crippen LogP contribution < -0.4 is 48.4 Å². The second-order valence-corrected chi connectivity index (χ2v) is 17.5. The Morgan fingerprint density at radius 2 is 1.13 bits per heavy atom. The normalized spacial score (nSPS) is 27.4. The number of hydrogen-bond donors (Lipinski definition) is 0. The van der Waals surface area contributed by atoms with Crippen LogP contribution in [0.3, 0.4) is 0 Å². The molecule has 75 heavy (non-hydrogen) atoms. The summed E-state index contributed by atoms with van der Waals surface area (Å²) in [7, 11) is 1.15. The molecule has 3 aromatic heterocycles. The van der Waals surface area contributed by atoms with Crippen molar-refractivity contribution in [3.05, 3.63) is 187 Å². The number of hydrogen-bond acceptors (Lipinski definition) is 12. The van der Waals surface area contributed by atoms with Crippen LogP contribution in [-0.2, 0) is 40.5 Å². The topological polar surface area (TPSA) is 213 Å². The van der Waals surface area contributed by atoms with Crippen molar-refractivity contribution in [2.45, 2.75) is 78.7 Å². The summed E-state index contributed by atoms with van der Waals surface area (Å²) in [5, 5.41) is 28.4. The number of nitrogens with zero attached hydrogens (tertiary/aromatic N) is 12. The zero-order valence-corrected chi connectivity index (χ0v) is 41.1. The van der Waals surface area contributed by atoms with Gasteiger partial charge in [0.05, 0.1) is 65.4 Å².